The van der Waals surface area contributed by atoms with Gasteiger partial charge in [-0.15, -0.1) is 0 Å². The van der Waals surface area contributed by atoms with Gasteiger partial charge in [-0.05, 0) is 35.9 Å². The Balaban J connectivity index is 1.36. The Morgan fingerprint density at radius 2 is 1.66 bits per heavy atom. The number of hydrogen-bond acceptors (Lipinski definition) is 4. The minimum atomic E-state index is -4.52. The second-order valence-corrected chi connectivity index (χ2v) is 7.94. The van der Waals surface area contributed by atoms with Crippen LogP contribution in [0, 0.1) is 0 Å². The SMILES string of the molecule is O=C(Cc1cc(Cl)c2c(c1)OCCO2)N1CCN(C(=O)c2cccc(C(F)(F)F)c2)CC1. The van der Waals surface area contributed by atoms with Gasteiger partial charge < -0.3 is 19.3 Å². The molecule has 1 fully saturated rings. The second-order valence-electron chi connectivity index (χ2n) is 7.53. The van der Waals surface area contributed by atoms with Gasteiger partial charge in [-0.3, -0.25) is 9.59 Å². The third-order valence-electron chi connectivity index (χ3n) is 5.37. The fourth-order valence-corrected chi connectivity index (χ4v) is 4.01. The molecule has 0 bridgehead atoms. The smallest absolute Gasteiger partial charge is 0.416 e. The maximum Gasteiger partial charge on any atom is 0.416 e. The summed E-state index contributed by atoms with van der Waals surface area (Å²) < 4.78 is 49.8. The van der Waals surface area contributed by atoms with Crippen LogP contribution < -0.4 is 9.47 Å². The number of benzene rings is 2. The van der Waals surface area contributed by atoms with E-state index in [0.29, 0.717) is 48.4 Å². The largest absolute Gasteiger partial charge is 0.486 e. The Kier molecular flexibility index (Phi) is 6.19. The summed E-state index contributed by atoms with van der Waals surface area (Å²) >= 11 is 6.22. The van der Waals surface area contributed by atoms with Crippen molar-refractivity contribution in [1.29, 1.82) is 0 Å². The first-order valence-electron chi connectivity index (χ1n) is 10.0. The minimum absolute atomic E-state index is 0.0227. The summed E-state index contributed by atoms with van der Waals surface area (Å²) in [4.78, 5) is 28.5. The fourth-order valence-electron chi connectivity index (χ4n) is 3.72. The number of piperazine rings is 1. The molecule has 170 valence electrons. The van der Waals surface area contributed by atoms with Crippen LogP contribution in [0.15, 0.2) is 36.4 Å². The van der Waals surface area contributed by atoms with Crippen molar-refractivity contribution >= 4 is 23.4 Å². The summed E-state index contributed by atoms with van der Waals surface area (Å²) in [6, 6.07) is 7.75. The van der Waals surface area contributed by atoms with Crippen LogP contribution in [0.2, 0.25) is 5.02 Å². The van der Waals surface area contributed by atoms with Crippen LogP contribution in [-0.2, 0) is 17.4 Å². The predicted octanol–water partition coefficient (Wildman–Crippen LogP) is 3.66. The van der Waals surface area contributed by atoms with Crippen molar-refractivity contribution in [3.63, 3.8) is 0 Å². The van der Waals surface area contributed by atoms with Crippen LogP contribution in [0.1, 0.15) is 21.5 Å². The number of nitrogens with zero attached hydrogens (tertiary/aromatic N) is 2. The molecule has 2 aliphatic heterocycles. The number of fused-ring (bicyclic) bond motifs is 1. The van der Waals surface area contributed by atoms with E-state index in [1.807, 2.05) is 0 Å². The molecule has 2 aromatic rings. The average molecular weight is 469 g/mol. The van der Waals surface area contributed by atoms with Crippen LogP contribution in [0.5, 0.6) is 11.5 Å². The third-order valence-corrected chi connectivity index (χ3v) is 5.65. The molecule has 0 spiro atoms. The van der Waals surface area contributed by atoms with Crippen LogP contribution in [0.4, 0.5) is 13.2 Å². The topological polar surface area (TPSA) is 59.1 Å². The molecular formula is C22H20ClF3N2O4. The van der Waals surface area contributed by atoms with Gasteiger partial charge in [0.05, 0.1) is 17.0 Å². The van der Waals surface area contributed by atoms with Crippen molar-refractivity contribution in [2.45, 2.75) is 12.6 Å². The van der Waals surface area contributed by atoms with E-state index < -0.39 is 17.6 Å². The molecule has 6 nitrogen and oxygen atoms in total. The summed E-state index contributed by atoms with van der Waals surface area (Å²) in [6.07, 6.45) is -4.41. The molecule has 2 heterocycles. The van der Waals surface area contributed by atoms with Crippen LogP contribution >= 0.6 is 11.6 Å². The highest BCUT2D eigenvalue weighted by Gasteiger charge is 2.32. The quantitative estimate of drug-likeness (QED) is 0.690. The molecule has 2 aromatic carbocycles. The summed E-state index contributed by atoms with van der Waals surface area (Å²) in [6.45, 7) is 1.88. The maximum atomic E-state index is 12.9. The predicted molar refractivity (Wildman–Crippen MR) is 110 cm³/mol. The van der Waals surface area contributed by atoms with Gasteiger partial charge in [0.25, 0.3) is 5.91 Å². The summed E-state index contributed by atoms with van der Waals surface area (Å²) in [5, 5.41) is 0.376. The standard InChI is InChI=1S/C22H20ClF3N2O4/c23-17-10-14(11-18-20(17)32-9-8-31-18)12-19(29)27-4-6-28(7-5-27)21(30)15-2-1-3-16(13-15)22(24,25)26/h1-3,10-11,13H,4-9,12H2. The maximum absolute atomic E-state index is 12.9. The first kappa shape index (κ1) is 22.3. The number of amides is 2. The average Bonchev–Trinajstić information content (AvgIpc) is 2.78. The number of ether oxygens (including phenoxy) is 2. The van der Waals surface area contributed by atoms with Gasteiger partial charge in [-0.2, -0.15) is 13.2 Å². The van der Waals surface area contributed by atoms with E-state index in [-0.39, 0.29) is 31.0 Å². The summed E-state index contributed by atoms with van der Waals surface area (Å²) in [7, 11) is 0. The van der Waals surface area contributed by atoms with E-state index in [1.54, 1.807) is 17.0 Å². The van der Waals surface area contributed by atoms with Gasteiger partial charge >= 0.3 is 6.18 Å². The molecule has 32 heavy (non-hydrogen) atoms. The van der Waals surface area contributed by atoms with Gasteiger partial charge in [0.1, 0.15) is 13.2 Å². The van der Waals surface area contributed by atoms with Gasteiger partial charge in [-0.25, -0.2) is 0 Å². The minimum Gasteiger partial charge on any atom is -0.486 e. The van der Waals surface area contributed by atoms with Crippen LogP contribution in [0.3, 0.4) is 0 Å². The van der Waals surface area contributed by atoms with Gasteiger partial charge in [-0.1, -0.05) is 17.7 Å². The summed E-state index contributed by atoms with van der Waals surface area (Å²) in [5.74, 6) is 0.351. The summed E-state index contributed by atoms with van der Waals surface area (Å²) in [5.41, 5.74) is -0.201. The van der Waals surface area contributed by atoms with E-state index >= 15 is 0 Å². The number of alkyl halides is 3. The molecule has 0 atom stereocenters. The van der Waals surface area contributed by atoms with Crippen molar-refractivity contribution in [2.24, 2.45) is 0 Å². The zero-order chi connectivity index (χ0) is 22.9. The van der Waals surface area contributed by atoms with Crippen molar-refractivity contribution in [3.05, 3.63) is 58.1 Å². The monoisotopic (exact) mass is 468 g/mol. The molecule has 1 saturated heterocycles. The zero-order valence-electron chi connectivity index (χ0n) is 17.0. The Morgan fingerprint density at radius 1 is 0.969 bits per heavy atom. The van der Waals surface area contributed by atoms with Crippen molar-refractivity contribution in [2.75, 3.05) is 39.4 Å². The number of hydrogen-bond donors (Lipinski definition) is 0. The van der Waals surface area contributed by atoms with E-state index in [2.05, 4.69) is 0 Å². The highest BCUT2D eigenvalue weighted by molar-refractivity contribution is 6.32. The number of rotatable bonds is 3. The molecule has 2 aliphatic rings. The Labute approximate surface area is 187 Å². The fraction of sp³-hybridized carbons (Fsp3) is 0.364. The zero-order valence-corrected chi connectivity index (χ0v) is 17.7. The molecule has 0 aliphatic carbocycles. The first-order valence-corrected chi connectivity index (χ1v) is 10.4. The van der Waals surface area contributed by atoms with E-state index in [9.17, 15) is 22.8 Å². The number of carbonyl (C=O) groups excluding carboxylic acids is 2. The molecular weight excluding hydrogens is 449 g/mol. The Hall–Kier alpha value is -2.94. The lowest BCUT2D eigenvalue weighted by atomic mass is 10.1. The third kappa shape index (κ3) is 4.77. The number of halogens is 4. The van der Waals surface area contributed by atoms with Crippen LogP contribution in [-0.4, -0.2) is 61.0 Å². The molecule has 0 saturated carbocycles. The molecule has 10 heteroatoms. The highest BCUT2D eigenvalue weighted by atomic mass is 35.5. The van der Waals surface area contributed by atoms with E-state index in [1.165, 1.54) is 17.0 Å². The van der Waals surface area contributed by atoms with Gasteiger partial charge in [0.2, 0.25) is 5.91 Å². The van der Waals surface area contributed by atoms with Gasteiger partial charge in [0, 0.05) is 31.7 Å². The normalized spacial score (nSPS) is 16.1. The molecule has 0 radical (unpaired) electrons. The highest BCUT2D eigenvalue weighted by Crippen LogP contribution is 2.38. The lowest BCUT2D eigenvalue weighted by molar-refractivity contribution is -0.137. The number of carbonyl (C=O) groups is 2. The van der Waals surface area contributed by atoms with Crippen molar-refractivity contribution in [3.8, 4) is 11.5 Å². The van der Waals surface area contributed by atoms with Gasteiger partial charge in [0.15, 0.2) is 11.5 Å². The molecule has 2 amide bonds. The Morgan fingerprint density at radius 3 is 2.38 bits per heavy atom. The lowest BCUT2D eigenvalue weighted by Crippen LogP contribution is -2.51. The Bertz CT molecular complexity index is 1040. The first-order chi connectivity index (χ1) is 15.2. The molecule has 0 unspecified atom stereocenters. The van der Waals surface area contributed by atoms with Crippen molar-refractivity contribution in [1.82, 2.24) is 9.80 Å². The van der Waals surface area contributed by atoms with E-state index in [0.717, 1.165) is 12.1 Å². The molecule has 0 N–H and O–H groups in total. The lowest BCUT2D eigenvalue weighted by Gasteiger charge is -2.35. The molecule has 0 aromatic heterocycles. The van der Waals surface area contributed by atoms with Crippen LogP contribution in [0.25, 0.3) is 0 Å². The second kappa shape index (κ2) is 8.90. The van der Waals surface area contributed by atoms with E-state index in [4.69, 9.17) is 21.1 Å². The molecule has 4 rings (SSSR count). The van der Waals surface area contributed by atoms with Crippen molar-refractivity contribution < 1.29 is 32.2 Å².